The molecule has 0 saturated carbocycles. The van der Waals surface area contributed by atoms with Crippen LogP contribution in [-0.4, -0.2) is 52.1 Å². The first kappa shape index (κ1) is 17.4. The summed E-state index contributed by atoms with van der Waals surface area (Å²) in [6, 6.07) is -0.668. The largest absolute Gasteiger partial charge is 0.462 e. The fraction of sp³-hybridized carbons (Fsp3) is 0.500. The Labute approximate surface area is 139 Å². The molecule has 1 amide bonds. The van der Waals surface area contributed by atoms with Crippen molar-refractivity contribution in [2.75, 3.05) is 13.2 Å². The molecule has 0 N–H and O–H groups in total. The summed E-state index contributed by atoms with van der Waals surface area (Å²) in [5.41, 5.74) is 3.07. The van der Waals surface area contributed by atoms with Crippen LogP contribution in [0.2, 0.25) is 0 Å². The van der Waals surface area contributed by atoms with Crippen molar-refractivity contribution in [3.8, 4) is 0 Å². The fourth-order valence-corrected chi connectivity index (χ4v) is 4.08. The molecule has 0 aromatic carbocycles. The molecular weight excluding hydrogens is 318 g/mol. The van der Waals surface area contributed by atoms with Crippen LogP contribution in [0.4, 0.5) is 0 Å². The Morgan fingerprint density at radius 2 is 2.13 bits per heavy atom. The van der Waals surface area contributed by atoms with Crippen molar-refractivity contribution in [2.45, 2.75) is 36.9 Å². The number of carbonyl (C=O) groups is 3. The van der Waals surface area contributed by atoms with E-state index in [0.717, 1.165) is 6.08 Å². The Balaban J connectivity index is 2.20. The van der Waals surface area contributed by atoms with Gasteiger partial charge in [0.2, 0.25) is 0 Å². The second kappa shape index (κ2) is 6.64. The number of carbonyl (C=O) groups excluding carboxylic acids is 3. The lowest BCUT2D eigenvalue weighted by Gasteiger charge is -2.38. The topological polar surface area (TPSA) is 72.9 Å². The normalized spacial score (nSPS) is 24.2. The molecule has 0 aliphatic carbocycles. The summed E-state index contributed by atoms with van der Waals surface area (Å²) in [6.45, 7) is 9.33. The van der Waals surface area contributed by atoms with Gasteiger partial charge >= 0.3 is 11.9 Å². The van der Waals surface area contributed by atoms with E-state index in [2.05, 4.69) is 12.3 Å². The first-order chi connectivity index (χ1) is 10.8. The van der Waals surface area contributed by atoms with E-state index in [9.17, 15) is 14.4 Å². The van der Waals surface area contributed by atoms with Gasteiger partial charge in [0.1, 0.15) is 18.0 Å². The summed E-state index contributed by atoms with van der Waals surface area (Å²) in [5, 5.41) is -0.301. The van der Waals surface area contributed by atoms with Gasteiger partial charge in [-0.25, -0.2) is 9.59 Å². The van der Waals surface area contributed by atoms with Gasteiger partial charge in [0, 0.05) is 4.75 Å². The minimum absolute atomic E-state index is 0.105. The van der Waals surface area contributed by atoms with E-state index in [1.54, 1.807) is 6.92 Å². The molecule has 0 bridgehead atoms. The minimum atomic E-state index is -0.668. The summed E-state index contributed by atoms with van der Waals surface area (Å²) in [5.74, 6) is -1.31. The number of esters is 2. The number of thioether (sulfide) groups is 1. The molecule has 0 spiro atoms. The van der Waals surface area contributed by atoms with Gasteiger partial charge in [0.05, 0.1) is 18.3 Å². The second-order valence-electron chi connectivity index (χ2n) is 5.56. The van der Waals surface area contributed by atoms with Gasteiger partial charge in [-0.1, -0.05) is 12.7 Å². The van der Waals surface area contributed by atoms with Crippen molar-refractivity contribution < 1.29 is 23.9 Å². The number of ether oxygens (including phenoxy) is 2. The quantitative estimate of drug-likeness (QED) is 0.248. The second-order valence-corrected chi connectivity index (χ2v) is 7.30. The lowest BCUT2D eigenvalue weighted by molar-refractivity contribution is -0.156. The van der Waals surface area contributed by atoms with Gasteiger partial charge in [-0.15, -0.1) is 17.5 Å². The van der Waals surface area contributed by atoms with Crippen molar-refractivity contribution in [3.05, 3.63) is 30.0 Å². The SMILES string of the molecule is C=CCOC(=O)[C@@H]1N2C(=O)C(=C=CC(=O)OCC)[C@H]2SC1(C)C. The number of amides is 1. The Bertz CT molecular complexity index is 618. The maximum Gasteiger partial charge on any atom is 0.338 e. The third-order valence-corrected chi connectivity index (χ3v) is 5.03. The zero-order chi connectivity index (χ0) is 17.2. The molecule has 6 nitrogen and oxygen atoms in total. The first-order valence-electron chi connectivity index (χ1n) is 7.24. The third-order valence-electron chi connectivity index (χ3n) is 3.52. The van der Waals surface area contributed by atoms with Crippen LogP contribution < -0.4 is 0 Å². The maximum atomic E-state index is 12.3. The average molecular weight is 337 g/mol. The van der Waals surface area contributed by atoms with E-state index in [1.165, 1.54) is 22.7 Å². The number of fused-ring (bicyclic) bond motifs is 1. The van der Waals surface area contributed by atoms with Crippen LogP contribution in [-0.2, 0) is 23.9 Å². The van der Waals surface area contributed by atoms with E-state index < -0.39 is 22.7 Å². The van der Waals surface area contributed by atoms with E-state index in [4.69, 9.17) is 9.47 Å². The Morgan fingerprint density at radius 3 is 2.74 bits per heavy atom. The smallest absolute Gasteiger partial charge is 0.338 e. The van der Waals surface area contributed by atoms with Gasteiger partial charge in [0.15, 0.2) is 0 Å². The highest BCUT2D eigenvalue weighted by Gasteiger charge is 2.61. The molecule has 0 unspecified atom stereocenters. The summed E-state index contributed by atoms with van der Waals surface area (Å²) < 4.78 is 9.37. The van der Waals surface area contributed by atoms with E-state index in [-0.39, 0.29) is 24.5 Å². The van der Waals surface area contributed by atoms with Crippen molar-refractivity contribution in [2.24, 2.45) is 0 Å². The Kier molecular flexibility index (Phi) is 5.02. The highest BCUT2D eigenvalue weighted by molar-refractivity contribution is 8.01. The van der Waals surface area contributed by atoms with Crippen LogP contribution in [0, 0.1) is 0 Å². The van der Waals surface area contributed by atoms with E-state index in [1.807, 2.05) is 13.8 Å². The lowest BCUT2D eigenvalue weighted by Crippen LogP contribution is -2.58. The molecular formula is C16H19NO5S. The van der Waals surface area contributed by atoms with Crippen LogP contribution in [0.3, 0.4) is 0 Å². The first-order valence-corrected chi connectivity index (χ1v) is 8.12. The van der Waals surface area contributed by atoms with Crippen molar-refractivity contribution in [3.63, 3.8) is 0 Å². The van der Waals surface area contributed by atoms with Gasteiger partial charge < -0.3 is 14.4 Å². The highest BCUT2D eigenvalue weighted by atomic mass is 32.2. The zero-order valence-corrected chi connectivity index (χ0v) is 14.1. The minimum Gasteiger partial charge on any atom is -0.462 e. The molecule has 2 aliphatic heterocycles. The molecule has 2 rings (SSSR count). The Morgan fingerprint density at radius 1 is 1.43 bits per heavy atom. The van der Waals surface area contributed by atoms with Crippen LogP contribution in [0.1, 0.15) is 20.8 Å². The standard InChI is InChI=1S/C16H19NO5S/c1-5-9-22-15(20)12-16(3,4)23-14-10(13(19)17(12)14)7-8-11(18)21-6-2/h5,8,12,14H,1,6,9H2,2-4H3/t7?,12-,14+/m0/s1. The van der Waals surface area contributed by atoms with Gasteiger partial charge in [-0.3, -0.25) is 4.79 Å². The molecule has 2 heterocycles. The number of rotatable bonds is 5. The molecule has 2 fully saturated rings. The molecule has 0 aromatic rings. The van der Waals surface area contributed by atoms with E-state index >= 15 is 0 Å². The number of hydrogen-bond acceptors (Lipinski definition) is 6. The monoisotopic (exact) mass is 337 g/mol. The highest BCUT2D eigenvalue weighted by Crippen LogP contribution is 2.52. The van der Waals surface area contributed by atoms with Crippen molar-refractivity contribution >= 4 is 29.6 Å². The van der Waals surface area contributed by atoms with Crippen LogP contribution in [0.25, 0.3) is 0 Å². The summed E-state index contributed by atoms with van der Waals surface area (Å²) >= 11 is 1.47. The van der Waals surface area contributed by atoms with Gasteiger partial charge in [-0.2, -0.15) is 0 Å². The summed E-state index contributed by atoms with van der Waals surface area (Å²) in [4.78, 5) is 37.3. The number of β-lactam (4-membered cyclic amide) rings is 1. The average Bonchev–Trinajstić information content (AvgIpc) is 2.73. The van der Waals surface area contributed by atoms with Gasteiger partial charge in [0.25, 0.3) is 5.91 Å². The molecule has 2 atom stereocenters. The molecule has 124 valence electrons. The number of nitrogens with zero attached hydrogens (tertiary/aromatic N) is 1. The van der Waals surface area contributed by atoms with Gasteiger partial charge in [-0.05, 0) is 20.8 Å². The van der Waals surface area contributed by atoms with Crippen LogP contribution >= 0.6 is 11.8 Å². The maximum absolute atomic E-state index is 12.3. The summed E-state index contributed by atoms with van der Waals surface area (Å²) in [6.07, 6.45) is 2.60. The predicted molar refractivity (Wildman–Crippen MR) is 85.5 cm³/mol. The summed E-state index contributed by atoms with van der Waals surface area (Å²) in [7, 11) is 0. The Hall–Kier alpha value is -1.98. The van der Waals surface area contributed by atoms with Crippen molar-refractivity contribution in [1.29, 1.82) is 0 Å². The molecule has 2 aliphatic rings. The van der Waals surface area contributed by atoms with Crippen LogP contribution in [0.5, 0.6) is 0 Å². The molecule has 2 saturated heterocycles. The predicted octanol–water partition coefficient (Wildman–Crippen LogP) is 1.42. The van der Waals surface area contributed by atoms with Crippen molar-refractivity contribution in [1.82, 2.24) is 4.90 Å². The lowest BCUT2D eigenvalue weighted by atomic mass is 9.96. The number of hydrogen-bond donors (Lipinski definition) is 0. The fourth-order valence-electron chi connectivity index (χ4n) is 2.55. The molecule has 0 aromatic heterocycles. The zero-order valence-electron chi connectivity index (χ0n) is 13.3. The molecule has 7 heteroatoms. The molecule has 23 heavy (non-hydrogen) atoms. The third kappa shape index (κ3) is 3.21. The van der Waals surface area contributed by atoms with E-state index in [0.29, 0.717) is 5.57 Å². The molecule has 0 radical (unpaired) electrons. The van der Waals surface area contributed by atoms with Crippen LogP contribution in [0.15, 0.2) is 30.0 Å².